The van der Waals surface area contributed by atoms with Gasteiger partial charge in [0, 0.05) is 5.56 Å². The van der Waals surface area contributed by atoms with E-state index in [0.717, 1.165) is 6.92 Å². The monoisotopic (exact) mass is 178 g/mol. The van der Waals surface area contributed by atoms with Gasteiger partial charge in [-0.1, -0.05) is 0 Å². The highest BCUT2D eigenvalue weighted by atomic mass is 19.4. The van der Waals surface area contributed by atoms with E-state index in [0.29, 0.717) is 6.33 Å². The smallest absolute Gasteiger partial charge is 0.433 e. The van der Waals surface area contributed by atoms with Crippen LogP contribution in [0.5, 0.6) is 5.88 Å². The summed E-state index contributed by atoms with van der Waals surface area (Å²) in [7, 11) is 0. The normalized spacial score (nSPS) is 11.7. The zero-order valence-electron chi connectivity index (χ0n) is 6.05. The Labute approximate surface area is 65.9 Å². The molecular formula is C6H5F3N2O. The van der Waals surface area contributed by atoms with E-state index in [2.05, 4.69) is 9.97 Å². The van der Waals surface area contributed by atoms with Crippen LogP contribution in [0.3, 0.4) is 0 Å². The van der Waals surface area contributed by atoms with Crippen molar-refractivity contribution >= 4 is 0 Å². The molecule has 1 aromatic rings. The first kappa shape index (κ1) is 8.76. The molecule has 1 aromatic heterocycles. The van der Waals surface area contributed by atoms with Crippen LogP contribution < -0.4 is 0 Å². The summed E-state index contributed by atoms with van der Waals surface area (Å²) in [6.07, 6.45) is -3.87. The first-order chi connectivity index (χ1) is 5.43. The maximum absolute atomic E-state index is 12.0. The predicted molar refractivity (Wildman–Crippen MR) is 33.4 cm³/mol. The second-order valence-corrected chi connectivity index (χ2v) is 2.17. The summed E-state index contributed by atoms with van der Waals surface area (Å²) in [6, 6.07) is 0. The van der Waals surface area contributed by atoms with Gasteiger partial charge in [-0.15, -0.1) is 0 Å². The topological polar surface area (TPSA) is 46.0 Å². The van der Waals surface area contributed by atoms with E-state index < -0.39 is 17.8 Å². The minimum Gasteiger partial charge on any atom is -0.493 e. The molecule has 1 N–H and O–H groups in total. The third-order valence-electron chi connectivity index (χ3n) is 1.33. The molecular weight excluding hydrogens is 173 g/mol. The van der Waals surface area contributed by atoms with Crippen LogP contribution >= 0.6 is 0 Å². The molecule has 3 nitrogen and oxygen atoms in total. The number of aromatic hydroxyl groups is 1. The average Bonchev–Trinajstić information content (AvgIpc) is 1.92. The molecule has 0 spiro atoms. The Balaban J connectivity index is 3.26. The fourth-order valence-corrected chi connectivity index (χ4v) is 0.727. The molecule has 0 aliphatic carbocycles. The highest BCUT2D eigenvalue weighted by Gasteiger charge is 2.35. The van der Waals surface area contributed by atoms with E-state index in [1.807, 2.05) is 0 Å². The Hall–Kier alpha value is -1.33. The summed E-state index contributed by atoms with van der Waals surface area (Å²) in [6.45, 7) is 1.11. The van der Waals surface area contributed by atoms with Crippen molar-refractivity contribution in [1.29, 1.82) is 0 Å². The van der Waals surface area contributed by atoms with Crippen molar-refractivity contribution in [2.24, 2.45) is 0 Å². The number of rotatable bonds is 0. The van der Waals surface area contributed by atoms with Gasteiger partial charge in [0.1, 0.15) is 6.33 Å². The fraction of sp³-hybridized carbons (Fsp3) is 0.333. The van der Waals surface area contributed by atoms with Crippen LogP contribution in [0.4, 0.5) is 13.2 Å². The van der Waals surface area contributed by atoms with Crippen LogP contribution in [0.15, 0.2) is 6.33 Å². The minimum atomic E-state index is -4.54. The lowest BCUT2D eigenvalue weighted by Gasteiger charge is -2.07. The Kier molecular flexibility index (Phi) is 1.91. The zero-order valence-corrected chi connectivity index (χ0v) is 6.05. The van der Waals surface area contributed by atoms with Gasteiger partial charge in [0.25, 0.3) is 0 Å². The minimum absolute atomic E-state index is 0.356. The summed E-state index contributed by atoms with van der Waals surface area (Å²) in [5, 5.41) is 8.81. The first-order valence-electron chi connectivity index (χ1n) is 3.00. The number of nitrogens with zero attached hydrogens (tertiary/aromatic N) is 2. The van der Waals surface area contributed by atoms with Crippen molar-refractivity contribution in [1.82, 2.24) is 9.97 Å². The fourth-order valence-electron chi connectivity index (χ4n) is 0.727. The lowest BCUT2D eigenvalue weighted by atomic mass is 10.2. The Bertz CT molecular complexity index is 297. The van der Waals surface area contributed by atoms with Gasteiger partial charge < -0.3 is 5.11 Å². The molecule has 0 saturated heterocycles. The summed E-state index contributed by atoms with van der Waals surface area (Å²) < 4.78 is 36.1. The highest BCUT2D eigenvalue weighted by Crippen LogP contribution is 2.31. The molecule has 0 atom stereocenters. The maximum Gasteiger partial charge on any atom is 0.433 e. The molecule has 1 rings (SSSR count). The lowest BCUT2D eigenvalue weighted by molar-refractivity contribution is -0.141. The largest absolute Gasteiger partial charge is 0.493 e. The SMILES string of the molecule is Cc1c(O)ncnc1C(F)(F)F. The van der Waals surface area contributed by atoms with Gasteiger partial charge in [-0.3, -0.25) is 0 Å². The van der Waals surface area contributed by atoms with Gasteiger partial charge in [0.2, 0.25) is 5.88 Å². The van der Waals surface area contributed by atoms with Gasteiger partial charge in [-0.25, -0.2) is 9.97 Å². The quantitative estimate of drug-likeness (QED) is 0.654. The zero-order chi connectivity index (χ0) is 9.35. The molecule has 0 amide bonds. The highest BCUT2D eigenvalue weighted by molar-refractivity contribution is 5.28. The third kappa shape index (κ3) is 1.46. The summed E-state index contributed by atoms with van der Waals surface area (Å²) in [5.74, 6) is -0.641. The van der Waals surface area contributed by atoms with Crippen molar-refractivity contribution in [3.05, 3.63) is 17.6 Å². The Morgan fingerprint density at radius 1 is 1.33 bits per heavy atom. The molecule has 1 heterocycles. The lowest BCUT2D eigenvalue weighted by Crippen LogP contribution is -2.10. The van der Waals surface area contributed by atoms with Crippen LogP contribution in [0.2, 0.25) is 0 Å². The molecule has 12 heavy (non-hydrogen) atoms. The molecule has 0 aromatic carbocycles. The van der Waals surface area contributed by atoms with Crippen molar-refractivity contribution in [3.8, 4) is 5.88 Å². The second kappa shape index (κ2) is 2.62. The van der Waals surface area contributed by atoms with Crippen molar-refractivity contribution in [2.45, 2.75) is 13.1 Å². The first-order valence-corrected chi connectivity index (χ1v) is 3.00. The van der Waals surface area contributed by atoms with E-state index in [9.17, 15) is 13.2 Å². The average molecular weight is 178 g/mol. The molecule has 0 radical (unpaired) electrons. The van der Waals surface area contributed by atoms with E-state index in [1.54, 1.807) is 0 Å². The number of halogens is 3. The van der Waals surface area contributed by atoms with Crippen LogP contribution in [-0.2, 0) is 6.18 Å². The van der Waals surface area contributed by atoms with Crippen LogP contribution in [0.25, 0.3) is 0 Å². The molecule has 0 unspecified atom stereocenters. The second-order valence-electron chi connectivity index (χ2n) is 2.17. The number of aromatic nitrogens is 2. The van der Waals surface area contributed by atoms with Crippen LogP contribution in [0.1, 0.15) is 11.3 Å². The molecule has 0 fully saturated rings. The van der Waals surface area contributed by atoms with E-state index >= 15 is 0 Å². The van der Waals surface area contributed by atoms with Crippen LogP contribution in [-0.4, -0.2) is 15.1 Å². The molecule has 0 aliphatic heterocycles. The van der Waals surface area contributed by atoms with E-state index in [4.69, 9.17) is 5.11 Å². The molecule has 0 aliphatic rings. The van der Waals surface area contributed by atoms with Crippen molar-refractivity contribution in [3.63, 3.8) is 0 Å². The predicted octanol–water partition coefficient (Wildman–Crippen LogP) is 1.51. The molecule has 6 heteroatoms. The number of hydrogen-bond donors (Lipinski definition) is 1. The summed E-state index contributed by atoms with van der Waals surface area (Å²) in [5.41, 5.74) is -1.46. The van der Waals surface area contributed by atoms with Gasteiger partial charge in [-0.2, -0.15) is 13.2 Å². The van der Waals surface area contributed by atoms with Crippen molar-refractivity contribution in [2.75, 3.05) is 0 Å². The molecule has 0 saturated carbocycles. The van der Waals surface area contributed by atoms with Crippen molar-refractivity contribution < 1.29 is 18.3 Å². The van der Waals surface area contributed by atoms with Crippen LogP contribution in [0, 0.1) is 6.92 Å². The standard InChI is InChI=1S/C6H5F3N2O/c1-3-4(6(7,8)9)10-2-11-5(3)12/h2H,1H3,(H,10,11,12). The summed E-state index contributed by atoms with van der Waals surface area (Å²) in [4.78, 5) is 6.21. The third-order valence-corrected chi connectivity index (χ3v) is 1.33. The summed E-state index contributed by atoms with van der Waals surface area (Å²) >= 11 is 0. The van der Waals surface area contributed by atoms with Gasteiger partial charge >= 0.3 is 6.18 Å². The Morgan fingerprint density at radius 2 is 1.92 bits per heavy atom. The van der Waals surface area contributed by atoms with E-state index in [1.165, 1.54) is 0 Å². The number of hydrogen-bond acceptors (Lipinski definition) is 3. The molecule has 66 valence electrons. The molecule has 0 bridgehead atoms. The van der Waals surface area contributed by atoms with E-state index in [-0.39, 0.29) is 5.56 Å². The maximum atomic E-state index is 12.0. The number of alkyl halides is 3. The van der Waals surface area contributed by atoms with Gasteiger partial charge in [0.05, 0.1) is 0 Å². The van der Waals surface area contributed by atoms with Gasteiger partial charge in [0.15, 0.2) is 5.69 Å². The Morgan fingerprint density at radius 3 is 2.33 bits per heavy atom. The van der Waals surface area contributed by atoms with Gasteiger partial charge in [-0.05, 0) is 6.92 Å².